The van der Waals surface area contributed by atoms with Gasteiger partial charge in [-0.15, -0.1) is 11.6 Å². The zero-order chi connectivity index (χ0) is 17.9. The summed E-state index contributed by atoms with van der Waals surface area (Å²) in [5.41, 5.74) is 0.617. The van der Waals surface area contributed by atoms with Crippen LogP contribution in [-0.2, 0) is 4.79 Å². The molecule has 0 radical (unpaired) electrons. The van der Waals surface area contributed by atoms with Gasteiger partial charge in [-0.25, -0.2) is 0 Å². The highest BCUT2D eigenvalue weighted by atomic mass is 35.5. The molecule has 24 heavy (non-hydrogen) atoms. The molecule has 0 fully saturated rings. The molecule has 2 atom stereocenters. The first kappa shape index (κ1) is 18.4. The van der Waals surface area contributed by atoms with Crippen molar-refractivity contribution in [3.63, 3.8) is 0 Å². The van der Waals surface area contributed by atoms with Gasteiger partial charge in [-0.2, -0.15) is 0 Å². The third-order valence-corrected chi connectivity index (χ3v) is 4.15. The second-order valence-corrected chi connectivity index (χ2v) is 5.63. The van der Waals surface area contributed by atoms with Crippen molar-refractivity contribution in [3.05, 3.63) is 17.2 Å². The molecule has 7 nitrogen and oxygen atoms in total. The van der Waals surface area contributed by atoms with Crippen molar-refractivity contribution in [2.24, 2.45) is 0 Å². The molecule has 2 rings (SSSR count). The predicted octanol–water partition coefficient (Wildman–Crippen LogP) is 1.45. The fraction of sp³-hybridized carbons (Fsp3) is 0.500. The van der Waals surface area contributed by atoms with E-state index in [-0.39, 0.29) is 29.4 Å². The molecule has 0 heterocycles. The minimum atomic E-state index is -1.40. The molecule has 1 aromatic carbocycles. The normalized spacial score (nSPS) is 19.0. The minimum Gasteiger partial charge on any atom is -0.493 e. The van der Waals surface area contributed by atoms with E-state index in [1.165, 1.54) is 21.3 Å². The number of ketones is 1. The van der Waals surface area contributed by atoms with Crippen LogP contribution in [0.1, 0.15) is 34.8 Å². The number of aliphatic hydroxyl groups is 1. The van der Waals surface area contributed by atoms with Crippen molar-refractivity contribution in [2.75, 3.05) is 27.2 Å². The average Bonchev–Trinajstić information content (AvgIpc) is 2.82. The maximum atomic E-state index is 12.5. The minimum absolute atomic E-state index is 0.174. The number of aliphatic hydroxyl groups excluding tert-OH is 1. The molecule has 0 aromatic heterocycles. The number of nitrogens with one attached hydrogen (secondary N) is 1. The van der Waals surface area contributed by atoms with Crippen LogP contribution < -0.4 is 19.5 Å². The Morgan fingerprint density at radius 2 is 1.92 bits per heavy atom. The summed E-state index contributed by atoms with van der Waals surface area (Å²) in [6.07, 6.45) is -0.682. The molecule has 0 unspecified atom stereocenters. The molecular formula is C16H20ClNO6. The van der Waals surface area contributed by atoms with Gasteiger partial charge in [-0.3, -0.25) is 9.59 Å². The largest absolute Gasteiger partial charge is 0.493 e. The van der Waals surface area contributed by atoms with Gasteiger partial charge in [0.1, 0.15) is 6.10 Å². The third kappa shape index (κ3) is 3.14. The standard InChI is InChI=1S/C16H20ClNO6/c1-22-9-7-8-11(16(24-3)15(9)23-2)13(20)14(21)12(8)18-10(19)5-4-6-17/h7,12,14,21H,4-6H2,1-3H3,(H,18,19)/t12-,14-/m0/s1. The number of amides is 1. The molecule has 132 valence electrons. The number of ether oxygens (including phenoxy) is 3. The number of fused-ring (bicyclic) bond motifs is 1. The highest BCUT2D eigenvalue weighted by molar-refractivity contribution is 6.17. The first-order chi connectivity index (χ1) is 11.5. The highest BCUT2D eigenvalue weighted by Gasteiger charge is 2.43. The number of hydrogen-bond acceptors (Lipinski definition) is 6. The molecule has 0 bridgehead atoms. The van der Waals surface area contributed by atoms with Crippen molar-refractivity contribution in [1.82, 2.24) is 5.32 Å². The number of benzene rings is 1. The van der Waals surface area contributed by atoms with Gasteiger partial charge in [0, 0.05) is 12.3 Å². The van der Waals surface area contributed by atoms with Gasteiger partial charge in [0.2, 0.25) is 11.7 Å². The summed E-state index contributed by atoms with van der Waals surface area (Å²) in [6, 6.07) is 0.696. The van der Waals surface area contributed by atoms with Crippen molar-refractivity contribution in [3.8, 4) is 17.2 Å². The Hall–Kier alpha value is -1.99. The number of carbonyl (C=O) groups is 2. The monoisotopic (exact) mass is 357 g/mol. The van der Waals surface area contributed by atoms with Gasteiger partial charge in [-0.05, 0) is 18.1 Å². The molecule has 1 aromatic rings. The maximum Gasteiger partial charge on any atom is 0.220 e. The Balaban J connectivity index is 2.47. The summed E-state index contributed by atoms with van der Waals surface area (Å²) < 4.78 is 15.8. The van der Waals surface area contributed by atoms with E-state index >= 15 is 0 Å². The molecule has 1 aliphatic carbocycles. The van der Waals surface area contributed by atoms with Gasteiger partial charge < -0.3 is 24.6 Å². The molecule has 0 saturated heterocycles. The molecule has 0 aliphatic heterocycles. The van der Waals surface area contributed by atoms with Crippen LogP contribution in [0.5, 0.6) is 17.2 Å². The first-order valence-corrected chi connectivity index (χ1v) is 7.94. The topological polar surface area (TPSA) is 94.1 Å². The lowest BCUT2D eigenvalue weighted by molar-refractivity contribution is -0.122. The van der Waals surface area contributed by atoms with Crippen LogP contribution >= 0.6 is 11.6 Å². The van der Waals surface area contributed by atoms with Gasteiger partial charge in [-0.1, -0.05) is 0 Å². The second-order valence-electron chi connectivity index (χ2n) is 5.26. The Labute approximate surface area is 144 Å². The number of hydrogen-bond donors (Lipinski definition) is 2. The van der Waals surface area contributed by atoms with E-state index in [1.54, 1.807) is 6.07 Å². The van der Waals surface area contributed by atoms with E-state index in [9.17, 15) is 14.7 Å². The zero-order valence-corrected chi connectivity index (χ0v) is 14.5. The van der Waals surface area contributed by atoms with Gasteiger partial charge >= 0.3 is 0 Å². The molecule has 1 aliphatic rings. The van der Waals surface area contributed by atoms with Crippen LogP contribution in [0.4, 0.5) is 0 Å². The van der Waals surface area contributed by atoms with Gasteiger partial charge in [0.15, 0.2) is 17.3 Å². The van der Waals surface area contributed by atoms with E-state index < -0.39 is 17.9 Å². The number of alkyl halides is 1. The Bertz CT molecular complexity index is 648. The zero-order valence-electron chi connectivity index (χ0n) is 13.7. The Kier molecular flexibility index (Phi) is 5.90. The van der Waals surface area contributed by atoms with Crippen molar-refractivity contribution in [1.29, 1.82) is 0 Å². The Morgan fingerprint density at radius 3 is 2.46 bits per heavy atom. The number of rotatable bonds is 7. The van der Waals surface area contributed by atoms with Gasteiger partial charge in [0.25, 0.3) is 0 Å². The van der Waals surface area contributed by atoms with E-state index in [1.807, 2.05) is 0 Å². The van der Waals surface area contributed by atoms with Crippen LogP contribution in [0.15, 0.2) is 6.07 Å². The molecule has 0 spiro atoms. The number of carbonyl (C=O) groups excluding carboxylic acids is 2. The molecule has 1 amide bonds. The number of halogens is 1. The lowest BCUT2D eigenvalue weighted by Gasteiger charge is -2.19. The quantitative estimate of drug-likeness (QED) is 0.717. The smallest absolute Gasteiger partial charge is 0.220 e. The molecule has 2 N–H and O–H groups in total. The SMILES string of the molecule is COc1cc2c(c(OC)c1OC)C(=O)[C@@H](O)[C@H]2NC(=O)CCCCl. The first-order valence-electron chi connectivity index (χ1n) is 7.40. The van der Waals surface area contributed by atoms with E-state index in [0.717, 1.165) is 0 Å². The van der Waals surface area contributed by atoms with Crippen molar-refractivity contribution >= 4 is 23.3 Å². The summed E-state index contributed by atoms with van der Waals surface area (Å²) in [4.78, 5) is 24.4. The molecule has 8 heteroatoms. The van der Waals surface area contributed by atoms with E-state index in [4.69, 9.17) is 25.8 Å². The van der Waals surface area contributed by atoms with Crippen LogP contribution in [0.2, 0.25) is 0 Å². The molecular weight excluding hydrogens is 338 g/mol. The summed E-state index contributed by atoms with van der Waals surface area (Å²) in [7, 11) is 4.27. The summed E-state index contributed by atoms with van der Waals surface area (Å²) in [5, 5.41) is 12.9. The van der Waals surface area contributed by atoms with Gasteiger partial charge in [0.05, 0.1) is 32.9 Å². The molecule has 0 saturated carbocycles. The maximum absolute atomic E-state index is 12.5. The van der Waals surface area contributed by atoms with Crippen LogP contribution in [0.3, 0.4) is 0 Å². The van der Waals surface area contributed by atoms with E-state index in [0.29, 0.717) is 23.6 Å². The fourth-order valence-electron chi connectivity index (χ4n) is 2.77. The lowest BCUT2D eigenvalue weighted by Crippen LogP contribution is -2.35. The van der Waals surface area contributed by atoms with Crippen LogP contribution in [0.25, 0.3) is 0 Å². The fourth-order valence-corrected chi connectivity index (χ4v) is 2.91. The highest BCUT2D eigenvalue weighted by Crippen LogP contribution is 2.47. The number of Topliss-reactive ketones (excluding diaryl/α,β-unsaturated/α-hetero) is 1. The van der Waals surface area contributed by atoms with Crippen molar-refractivity contribution < 1.29 is 28.9 Å². The third-order valence-electron chi connectivity index (χ3n) is 3.88. The predicted molar refractivity (Wildman–Crippen MR) is 87.3 cm³/mol. The Morgan fingerprint density at radius 1 is 1.25 bits per heavy atom. The lowest BCUT2D eigenvalue weighted by atomic mass is 10.0. The number of methoxy groups -OCH3 is 3. The average molecular weight is 358 g/mol. The van der Waals surface area contributed by atoms with Crippen LogP contribution in [0, 0.1) is 0 Å². The summed E-state index contributed by atoms with van der Waals surface area (Å²) in [6.45, 7) is 0. The van der Waals surface area contributed by atoms with Crippen molar-refractivity contribution in [2.45, 2.75) is 25.0 Å². The second kappa shape index (κ2) is 7.72. The van der Waals surface area contributed by atoms with E-state index in [2.05, 4.69) is 5.32 Å². The van der Waals surface area contributed by atoms with Crippen LogP contribution in [-0.4, -0.2) is 50.1 Å². The summed E-state index contributed by atoms with van der Waals surface area (Å²) >= 11 is 5.58. The summed E-state index contributed by atoms with van der Waals surface area (Å²) in [5.74, 6) is 0.297.